The first-order chi connectivity index (χ1) is 9.51. The van der Waals surface area contributed by atoms with Crippen LogP contribution in [0.2, 0.25) is 0 Å². The lowest BCUT2D eigenvalue weighted by molar-refractivity contribution is 0.416. The first kappa shape index (κ1) is 13.9. The van der Waals surface area contributed by atoms with E-state index in [4.69, 9.17) is 16.2 Å². The van der Waals surface area contributed by atoms with E-state index in [0.29, 0.717) is 17.1 Å². The minimum Gasteiger partial charge on any atom is -0.494 e. The first-order valence-electron chi connectivity index (χ1n) is 6.23. The molecular weight excluding hydrogens is 252 g/mol. The number of aryl methyl sites for hydroxylation is 2. The maximum Gasteiger partial charge on any atom is 0.148 e. The van der Waals surface area contributed by atoms with Crippen LogP contribution in [0, 0.1) is 13.8 Å². The van der Waals surface area contributed by atoms with Gasteiger partial charge in [0, 0.05) is 17.4 Å². The molecule has 4 N–H and O–H groups in total. The van der Waals surface area contributed by atoms with Crippen molar-refractivity contribution in [2.45, 2.75) is 13.8 Å². The Morgan fingerprint density at radius 2 is 1.60 bits per heavy atom. The Balaban J connectivity index is 2.37. The predicted molar refractivity (Wildman–Crippen MR) is 81.9 cm³/mol. The Kier molecular flexibility index (Phi) is 3.89. The molecule has 0 bridgehead atoms. The summed E-state index contributed by atoms with van der Waals surface area (Å²) in [4.78, 5) is 0. The molecule has 0 aromatic heterocycles. The van der Waals surface area contributed by atoms with Gasteiger partial charge in [-0.3, -0.25) is 0 Å². The van der Waals surface area contributed by atoms with Gasteiger partial charge in [0.05, 0.1) is 12.8 Å². The predicted octanol–water partition coefficient (Wildman–Crippen LogP) is 3.89. The van der Waals surface area contributed by atoms with E-state index in [1.807, 2.05) is 26.0 Å². The standard InChI is InChI=1S/C15H18N4O/c1-9-7-14(10(2)6-12(9)17)19-18-13-5-4-11(16)8-15(13)20-3/h4-8H,16-17H2,1-3H3/b19-18+. The van der Waals surface area contributed by atoms with Crippen molar-refractivity contribution >= 4 is 22.7 Å². The van der Waals surface area contributed by atoms with Crippen LogP contribution in [0.3, 0.4) is 0 Å². The van der Waals surface area contributed by atoms with Gasteiger partial charge in [-0.05, 0) is 49.2 Å². The van der Waals surface area contributed by atoms with Crippen LogP contribution < -0.4 is 16.2 Å². The topological polar surface area (TPSA) is 86.0 Å². The fourth-order valence-electron chi connectivity index (χ4n) is 1.82. The lowest BCUT2D eigenvalue weighted by Crippen LogP contribution is -1.90. The number of nitrogens with two attached hydrogens (primary N) is 2. The summed E-state index contributed by atoms with van der Waals surface area (Å²) in [5, 5.41) is 8.49. The van der Waals surface area contributed by atoms with Crippen molar-refractivity contribution in [3.8, 4) is 5.75 Å². The molecule has 20 heavy (non-hydrogen) atoms. The molecule has 0 heterocycles. The van der Waals surface area contributed by atoms with E-state index >= 15 is 0 Å². The third-order valence-electron chi connectivity index (χ3n) is 3.05. The van der Waals surface area contributed by atoms with Gasteiger partial charge in [0.25, 0.3) is 0 Å². The number of rotatable bonds is 3. The van der Waals surface area contributed by atoms with Gasteiger partial charge in [0.1, 0.15) is 11.4 Å². The zero-order valence-corrected chi connectivity index (χ0v) is 11.8. The third kappa shape index (κ3) is 2.88. The number of benzene rings is 2. The molecule has 2 aromatic rings. The molecule has 0 aliphatic rings. The molecule has 0 atom stereocenters. The molecule has 0 unspecified atom stereocenters. The van der Waals surface area contributed by atoms with Crippen LogP contribution in [0.1, 0.15) is 11.1 Å². The quantitative estimate of drug-likeness (QED) is 0.655. The van der Waals surface area contributed by atoms with Gasteiger partial charge in [0.15, 0.2) is 0 Å². The van der Waals surface area contributed by atoms with Crippen molar-refractivity contribution in [3.63, 3.8) is 0 Å². The molecular formula is C15H18N4O. The fourth-order valence-corrected chi connectivity index (χ4v) is 1.82. The van der Waals surface area contributed by atoms with Crippen molar-refractivity contribution in [1.29, 1.82) is 0 Å². The number of anilines is 2. The molecule has 0 saturated carbocycles. The Morgan fingerprint density at radius 3 is 2.30 bits per heavy atom. The molecule has 0 spiro atoms. The summed E-state index contributed by atoms with van der Waals surface area (Å²) < 4.78 is 5.23. The number of hydrogen-bond acceptors (Lipinski definition) is 5. The molecule has 0 saturated heterocycles. The highest BCUT2D eigenvalue weighted by molar-refractivity contribution is 5.61. The second-order valence-electron chi connectivity index (χ2n) is 4.63. The van der Waals surface area contributed by atoms with Crippen LogP contribution in [0.25, 0.3) is 0 Å². The highest BCUT2D eigenvalue weighted by Gasteiger charge is 2.04. The number of nitrogens with zero attached hydrogens (tertiary/aromatic N) is 2. The highest BCUT2D eigenvalue weighted by atomic mass is 16.5. The van der Waals surface area contributed by atoms with Crippen LogP contribution in [0.5, 0.6) is 5.75 Å². The van der Waals surface area contributed by atoms with Crippen molar-refractivity contribution in [3.05, 3.63) is 41.5 Å². The number of ether oxygens (including phenoxy) is 1. The Morgan fingerprint density at radius 1 is 0.900 bits per heavy atom. The van der Waals surface area contributed by atoms with Gasteiger partial charge in [0.2, 0.25) is 0 Å². The molecule has 2 aromatic carbocycles. The number of azo groups is 1. The molecule has 5 nitrogen and oxygen atoms in total. The summed E-state index contributed by atoms with van der Waals surface area (Å²) >= 11 is 0. The second-order valence-corrected chi connectivity index (χ2v) is 4.63. The summed E-state index contributed by atoms with van der Waals surface area (Å²) in [5.74, 6) is 0.596. The van der Waals surface area contributed by atoms with E-state index in [9.17, 15) is 0 Å². The van der Waals surface area contributed by atoms with Gasteiger partial charge >= 0.3 is 0 Å². The van der Waals surface area contributed by atoms with E-state index in [1.165, 1.54) is 0 Å². The zero-order valence-electron chi connectivity index (χ0n) is 11.8. The molecule has 0 fully saturated rings. The molecule has 0 aliphatic carbocycles. The van der Waals surface area contributed by atoms with Crippen LogP contribution in [0.4, 0.5) is 22.7 Å². The monoisotopic (exact) mass is 270 g/mol. The molecule has 0 amide bonds. The van der Waals surface area contributed by atoms with Gasteiger partial charge in [-0.25, -0.2) is 0 Å². The summed E-state index contributed by atoms with van der Waals surface area (Å²) in [7, 11) is 1.58. The van der Waals surface area contributed by atoms with Crippen LogP contribution in [0.15, 0.2) is 40.6 Å². The zero-order chi connectivity index (χ0) is 14.7. The molecule has 0 radical (unpaired) electrons. The van der Waals surface area contributed by atoms with Crippen LogP contribution in [-0.2, 0) is 0 Å². The molecule has 2 rings (SSSR count). The summed E-state index contributed by atoms with van der Waals surface area (Å²) in [6.07, 6.45) is 0. The SMILES string of the molecule is COc1cc(N)ccc1/N=N/c1cc(C)c(N)cc1C. The maximum absolute atomic E-state index is 5.85. The second kappa shape index (κ2) is 5.61. The smallest absolute Gasteiger partial charge is 0.148 e. The minimum absolute atomic E-state index is 0.596. The third-order valence-corrected chi connectivity index (χ3v) is 3.05. The Hall–Kier alpha value is -2.56. The van der Waals surface area contributed by atoms with E-state index < -0.39 is 0 Å². The fraction of sp³-hybridized carbons (Fsp3) is 0.200. The first-order valence-corrected chi connectivity index (χ1v) is 6.23. The summed E-state index contributed by atoms with van der Waals surface area (Å²) in [5.41, 5.74) is 16.3. The van der Waals surface area contributed by atoms with E-state index in [0.717, 1.165) is 22.5 Å². The lowest BCUT2D eigenvalue weighted by atomic mass is 10.1. The summed E-state index contributed by atoms with van der Waals surface area (Å²) in [6, 6.07) is 9.06. The number of hydrogen-bond donors (Lipinski definition) is 2. The Bertz CT molecular complexity index is 665. The lowest BCUT2D eigenvalue weighted by Gasteiger charge is -2.06. The highest BCUT2D eigenvalue weighted by Crippen LogP contribution is 2.32. The van der Waals surface area contributed by atoms with Gasteiger partial charge < -0.3 is 16.2 Å². The van der Waals surface area contributed by atoms with Gasteiger partial charge in [-0.15, -0.1) is 5.11 Å². The maximum atomic E-state index is 5.85. The van der Waals surface area contributed by atoms with Gasteiger partial charge in [-0.2, -0.15) is 5.11 Å². The van der Waals surface area contributed by atoms with E-state index in [1.54, 1.807) is 25.3 Å². The van der Waals surface area contributed by atoms with Crippen molar-refractivity contribution in [2.24, 2.45) is 10.2 Å². The number of nitrogen functional groups attached to an aromatic ring is 2. The number of methoxy groups -OCH3 is 1. The average Bonchev–Trinajstić information content (AvgIpc) is 2.42. The molecule has 0 aliphatic heterocycles. The normalized spacial score (nSPS) is 10.9. The van der Waals surface area contributed by atoms with E-state index in [2.05, 4.69) is 10.2 Å². The molecule has 104 valence electrons. The molecule has 5 heteroatoms. The van der Waals surface area contributed by atoms with Crippen LogP contribution in [-0.4, -0.2) is 7.11 Å². The van der Waals surface area contributed by atoms with Gasteiger partial charge in [-0.1, -0.05) is 0 Å². The Labute approximate surface area is 118 Å². The van der Waals surface area contributed by atoms with E-state index in [-0.39, 0.29) is 0 Å². The minimum atomic E-state index is 0.596. The van der Waals surface area contributed by atoms with Crippen molar-refractivity contribution in [1.82, 2.24) is 0 Å². The summed E-state index contributed by atoms with van der Waals surface area (Å²) in [6.45, 7) is 3.89. The van der Waals surface area contributed by atoms with Crippen molar-refractivity contribution in [2.75, 3.05) is 18.6 Å². The largest absolute Gasteiger partial charge is 0.494 e. The average molecular weight is 270 g/mol. The van der Waals surface area contributed by atoms with Crippen molar-refractivity contribution < 1.29 is 4.74 Å². The van der Waals surface area contributed by atoms with Crippen LogP contribution >= 0.6 is 0 Å².